The second-order valence-corrected chi connectivity index (χ2v) is 5.16. The van der Waals surface area contributed by atoms with Gasteiger partial charge in [-0.2, -0.15) is 4.98 Å². The molecule has 1 aliphatic rings. The number of hydrogen-bond acceptors (Lipinski definition) is 6. The molecule has 0 amide bonds. The lowest BCUT2D eigenvalue weighted by molar-refractivity contribution is 0.0153. The molecule has 1 aliphatic heterocycles. The normalized spacial score (nSPS) is 18.6. The molecule has 1 atom stereocenters. The molecule has 0 bridgehead atoms. The summed E-state index contributed by atoms with van der Waals surface area (Å²) in [6, 6.07) is 5.36. The molecule has 112 valence electrons. The van der Waals surface area contributed by atoms with Crippen molar-refractivity contribution in [3.63, 3.8) is 0 Å². The smallest absolute Gasteiger partial charge is 0.260 e. The van der Waals surface area contributed by atoms with Crippen LogP contribution in [0.15, 0.2) is 22.7 Å². The number of ether oxygens (including phenoxy) is 2. The third-order valence-electron chi connectivity index (χ3n) is 3.64. The first-order valence-corrected chi connectivity index (χ1v) is 7.14. The van der Waals surface area contributed by atoms with Crippen LogP contribution in [0, 0.1) is 0 Å². The number of nitrogens with two attached hydrogens (primary N) is 1. The molecule has 2 heterocycles. The predicted octanol–water partition coefficient (Wildman–Crippen LogP) is 2.44. The third-order valence-corrected chi connectivity index (χ3v) is 3.64. The van der Waals surface area contributed by atoms with Gasteiger partial charge in [0.15, 0.2) is 5.82 Å². The molecular weight excluding hydrogens is 270 g/mol. The molecule has 1 aromatic carbocycles. The summed E-state index contributed by atoms with van der Waals surface area (Å²) in [5.74, 6) is 1.77. The van der Waals surface area contributed by atoms with Gasteiger partial charge in [-0.3, -0.25) is 0 Å². The van der Waals surface area contributed by atoms with Gasteiger partial charge in [0.25, 0.3) is 5.89 Å². The minimum atomic E-state index is 0.187. The number of anilines is 1. The summed E-state index contributed by atoms with van der Waals surface area (Å²) >= 11 is 0. The van der Waals surface area contributed by atoms with Gasteiger partial charge in [0.05, 0.1) is 18.8 Å². The van der Waals surface area contributed by atoms with Crippen LogP contribution in [0.4, 0.5) is 5.69 Å². The summed E-state index contributed by atoms with van der Waals surface area (Å²) in [4.78, 5) is 4.42. The van der Waals surface area contributed by atoms with Gasteiger partial charge in [0.1, 0.15) is 5.75 Å². The minimum absolute atomic E-state index is 0.187. The van der Waals surface area contributed by atoms with E-state index >= 15 is 0 Å². The van der Waals surface area contributed by atoms with Crippen molar-refractivity contribution >= 4 is 5.69 Å². The number of aromatic nitrogens is 2. The van der Waals surface area contributed by atoms with Gasteiger partial charge in [-0.05, 0) is 37.5 Å². The average Bonchev–Trinajstić information content (AvgIpc) is 2.97. The Balaban J connectivity index is 1.77. The van der Waals surface area contributed by atoms with Crippen LogP contribution in [-0.4, -0.2) is 30.0 Å². The van der Waals surface area contributed by atoms with Gasteiger partial charge in [0, 0.05) is 18.7 Å². The van der Waals surface area contributed by atoms with Crippen molar-refractivity contribution in [2.24, 2.45) is 0 Å². The van der Waals surface area contributed by atoms with Crippen molar-refractivity contribution < 1.29 is 14.0 Å². The van der Waals surface area contributed by atoms with Crippen LogP contribution in [0.25, 0.3) is 11.5 Å². The van der Waals surface area contributed by atoms with E-state index in [0.717, 1.165) is 19.4 Å². The van der Waals surface area contributed by atoms with Crippen molar-refractivity contribution in [2.75, 3.05) is 19.5 Å². The second-order valence-electron chi connectivity index (χ2n) is 5.16. The zero-order chi connectivity index (χ0) is 14.7. The zero-order valence-electron chi connectivity index (χ0n) is 12.0. The topological polar surface area (TPSA) is 83.4 Å². The Morgan fingerprint density at radius 3 is 3.05 bits per heavy atom. The van der Waals surface area contributed by atoms with E-state index in [9.17, 15) is 0 Å². The summed E-state index contributed by atoms with van der Waals surface area (Å²) in [7, 11) is 1.61. The molecule has 3 rings (SSSR count). The quantitative estimate of drug-likeness (QED) is 0.870. The van der Waals surface area contributed by atoms with Gasteiger partial charge < -0.3 is 19.7 Å². The fraction of sp³-hybridized carbons (Fsp3) is 0.467. The van der Waals surface area contributed by atoms with Crippen molar-refractivity contribution in [1.82, 2.24) is 10.1 Å². The number of benzene rings is 1. The Morgan fingerprint density at radius 2 is 2.29 bits per heavy atom. The van der Waals surface area contributed by atoms with Gasteiger partial charge in [0.2, 0.25) is 0 Å². The molecule has 0 radical (unpaired) electrons. The molecule has 0 spiro atoms. The van der Waals surface area contributed by atoms with Crippen LogP contribution in [0.3, 0.4) is 0 Å². The Hall–Kier alpha value is -2.08. The Labute approximate surface area is 123 Å². The third kappa shape index (κ3) is 3.16. The van der Waals surface area contributed by atoms with Crippen molar-refractivity contribution in [1.29, 1.82) is 0 Å². The maximum absolute atomic E-state index is 5.96. The van der Waals surface area contributed by atoms with Crippen LogP contribution in [-0.2, 0) is 11.2 Å². The van der Waals surface area contributed by atoms with E-state index in [2.05, 4.69) is 10.1 Å². The summed E-state index contributed by atoms with van der Waals surface area (Å²) in [5.41, 5.74) is 7.24. The highest BCUT2D eigenvalue weighted by Crippen LogP contribution is 2.29. The van der Waals surface area contributed by atoms with E-state index in [1.54, 1.807) is 25.3 Å². The Kier molecular flexibility index (Phi) is 4.06. The van der Waals surface area contributed by atoms with E-state index in [1.807, 2.05) is 0 Å². The van der Waals surface area contributed by atoms with Crippen LogP contribution < -0.4 is 10.5 Å². The number of nitrogen functional groups attached to an aromatic ring is 1. The molecule has 0 saturated carbocycles. The first-order valence-electron chi connectivity index (χ1n) is 7.14. The zero-order valence-corrected chi connectivity index (χ0v) is 12.0. The molecule has 1 fully saturated rings. The molecular formula is C15H19N3O3. The number of nitrogens with zero attached hydrogens (tertiary/aromatic N) is 2. The fourth-order valence-corrected chi connectivity index (χ4v) is 2.47. The molecule has 2 aromatic rings. The van der Waals surface area contributed by atoms with E-state index < -0.39 is 0 Å². The number of rotatable bonds is 4. The standard InChI is InChI=1S/C15H19N3O3/c1-19-10-5-6-13(16)12(8-10)15-17-14(18-21-15)9-11-4-2-3-7-20-11/h5-6,8,11H,2-4,7,9,16H2,1H3. The molecule has 2 N–H and O–H groups in total. The first kappa shape index (κ1) is 13.9. The molecule has 1 unspecified atom stereocenters. The van der Waals surface area contributed by atoms with Gasteiger partial charge in [-0.25, -0.2) is 0 Å². The summed E-state index contributed by atoms with van der Waals surface area (Å²) in [6.07, 6.45) is 4.23. The molecule has 1 saturated heterocycles. The lowest BCUT2D eigenvalue weighted by Gasteiger charge is -2.20. The molecule has 0 aliphatic carbocycles. The highest BCUT2D eigenvalue weighted by Gasteiger charge is 2.19. The predicted molar refractivity (Wildman–Crippen MR) is 78.0 cm³/mol. The van der Waals surface area contributed by atoms with Crippen molar-refractivity contribution in [3.8, 4) is 17.2 Å². The van der Waals surface area contributed by atoms with Crippen molar-refractivity contribution in [2.45, 2.75) is 31.8 Å². The Bertz CT molecular complexity index is 606. The molecule has 6 nitrogen and oxygen atoms in total. The summed E-state index contributed by atoms with van der Waals surface area (Å²) in [6.45, 7) is 0.818. The lowest BCUT2D eigenvalue weighted by atomic mass is 10.1. The van der Waals surface area contributed by atoms with Crippen LogP contribution in [0.1, 0.15) is 25.1 Å². The fourth-order valence-electron chi connectivity index (χ4n) is 2.47. The molecule has 21 heavy (non-hydrogen) atoms. The van der Waals surface area contributed by atoms with Crippen molar-refractivity contribution in [3.05, 3.63) is 24.0 Å². The number of methoxy groups -OCH3 is 1. The highest BCUT2D eigenvalue weighted by molar-refractivity contribution is 5.72. The van der Waals surface area contributed by atoms with E-state index in [0.29, 0.717) is 35.1 Å². The maximum atomic E-state index is 5.96. The van der Waals surface area contributed by atoms with E-state index in [-0.39, 0.29) is 6.10 Å². The monoisotopic (exact) mass is 289 g/mol. The van der Waals surface area contributed by atoms with E-state index in [1.165, 1.54) is 6.42 Å². The average molecular weight is 289 g/mol. The molecule has 1 aromatic heterocycles. The minimum Gasteiger partial charge on any atom is -0.497 e. The van der Waals surface area contributed by atoms with Crippen LogP contribution >= 0.6 is 0 Å². The van der Waals surface area contributed by atoms with Gasteiger partial charge in [-0.15, -0.1) is 0 Å². The SMILES string of the molecule is COc1ccc(N)c(-c2nc(CC3CCCCO3)no2)c1. The number of hydrogen-bond donors (Lipinski definition) is 1. The Morgan fingerprint density at radius 1 is 1.38 bits per heavy atom. The van der Waals surface area contributed by atoms with Crippen LogP contribution in [0.2, 0.25) is 0 Å². The van der Waals surface area contributed by atoms with Gasteiger partial charge in [-0.1, -0.05) is 5.16 Å². The molecule has 6 heteroatoms. The summed E-state index contributed by atoms with van der Waals surface area (Å²) < 4.78 is 16.2. The van der Waals surface area contributed by atoms with E-state index in [4.69, 9.17) is 19.7 Å². The second kappa shape index (κ2) is 6.13. The van der Waals surface area contributed by atoms with Crippen LogP contribution in [0.5, 0.6) is 5.75 Å². The highest BCUT2D eigenvalue weighted by atomic mass is 16.5. The lowest BCUT2D eigenvalue weighted by Crippen LogP contribution is -2.21. The first-order chi connectivity index (χ1) is 10.3. The maximum Gasteiger partial charge on any atom is 0.260 e. The summed E-state index contributed by atoms with van der Waals surface area (Å²) in [5, 5.41) is 4.02. The van der Waals surface area contributed by atoms with Gasteiger partial charge >= 0.3 is 0 Å². The largest absolute Gasteiger partial charge is 0.497 e.